The van der Waals surface area contributed by atoms with Crippen molar-refractivity contribution in [2.45, 2.75) is 58.3 Å². The van der Waals surface area contributed by atoms with Crippen molar-refractivity contribution in [2.24, 2.45) is 0 Å². The quantitative estimate of drug-likeness (QED) is 0.298. The molecule has 0 aromatic heterocycles. The first-order valence-electron chi connectivity index (χ1n) is 9.74. The highest BCUT2D eigenvalue weighted by atomic mass is 31.2. The predicted molar refractivity (Wildman–Crippen MR) is 108 cm³/mol. The van der Waals surface area contributed by atoms with Crippen LogP contribution in [0.4, 0.5) is 0 Å². The lowest BCUT2D eigenvalue weighted by molar-refractivity contribution is -0.196. The third kappa shape index (κ3) is 7.86. The molecule has 0 spiro atoms. The Morgan fingerprint density at radius 3 is 2.12 bits per heavy atom. The first-order valence-corrected chi connectivity index (χ1v) is 10.8. The van der Waals surface area contributed by atoms with Gasteiger partial charge in [-0.1, -0.05) is 100 Å². The zero-order valence-electron chi connectivity index (χ0n) is 15.7. The van der Waals surface area contributed by atoms with Gasteiger partial charge in [0.05, 0.1) is 6.61 Å². The van der Waals surface area contributed by atoms with Crippen molar-refractivity contribution in [3.8, 4) is 16.9 Å². The van der Waals surface area contributed by atoms with Gasteiger partial charge in [-0.2, -0.15) is 0 Å². The maximum absolute atomic E-state index is 12.1. The molecule has 0 bridgehead atoms. The Kier molecular flexibility index (Phi) is 10.3. The molecule has 0 saturated carbocycles. The fourth-order valence-corrected chi connectivity index (χ4v) is 3.53. The molecule has 26 heavy (non-hydrogen) atoms. The molecule has 0 amide bonds. The van der Waals surface area contributed by atoms with E-state index in [-0.39, 0.29) is 0 Å². The summed E-state index contributed by atoms with van der Waals surface area (Å²) in [5.74, 6) is 0.593. The molecule has 1 unspecified atom stereocenters. The van der Waals surface area contributed by atoms with Crippen LogP contribution in [0.1, 0.15) is 58.3 Å². The standard InChI is InChI=1S/C22H30O3P/c1-2-3-4-5-6-7-8-14-19-24-26(23)25-22-18-13-12-17-21(22)20-15-10-9-11-16-20/h9-13,15-18H,2-8,14,19H2,1H3/q-1. The van der Waals surface area contributed by atoms with Crippen molar-refractivity contribution in [3.05, 3.63) is 54.6 Å². The molecule has 1 atom stereocenters. The summed E-state index contributed by atoms with van der Waals surface area (Å²) in [6.45, 7) is 2.72. The van der Waals surface area contributed by atoms with Crippen LogP contribution in [0.5, 0.6) is 5.75 Å². The SMILES string of the molecule is CCCCCCCCCCOP([O-])Oc1ccccc1-c1ccccc1. The van der Waals surface area contributed by atoms with Gasteiger partial charge in [0.2, 0.25) is 0 Å². The van der Waals surface area contributed by atoms with Crippen molar-refractivity contribution in [2.75, 3.05) is 6.61 Å². The molecule has 2 aromatic rings. The van der Waals surface area contributed by atoms with Crippen LogP contribution in [-0.4, -0.2) is 6.61 Å². The molecule has 2 rings (SSSR count). The summed E-state index contributed by atoms with van der Waals surface area (Å²) in [4.78, 5) is 12.1. The molecule has 0 fully saturated rings. The molecule has 142 valence electrons. The van der Waals surface area contributed by atoms with Crippen LogP contribution in [-0.2, 0) is 4.52 Å². The van der Waals surface area contributed by atoms with Crippen molar-refractivity contribution in [1.82, 2.24) is 0 Å². The number of hydrogen-bond donors (Lipinski definition) is 0. The molecule has 0 heterocycles. The Labute approximate surface area is 159 Å². The van der Waals surface area contributed by atoms with Crippen molar-refractivity contribution in [3.63, 3.8) is 0 Å². The second kappa shape index (κ2) is 12.9. The Morgan fingerprint density at radius 2 is 1.38 bits per heavy atom. The summed E-state index contributed by atoms with van der Waals surface area (Å²) in [6, 6.07) is 17.6. The van der Waals surface area contributed by atoms with Crippen LogP contribution in [0.2, 0.25) is 0 Å². The largest absolute Gasteiger partial charge is 0.776 e. The average Bonchev–Trinajstić information content (AvgIpc) is 2.68. The molecule has 2 aromatic carbocycles. The van der Waals surface area contributed by atoms with E-state index in [0.717, 1.165) is 24.0 Å². The summed E-state index contributed by atoms with van der Waals surface area (Å²) in [5.41, 5.74) is 1.96. The minimum Gasteiger partial charge on any atom is -0.776 e. The van der Waals surface area contributed by atoms with Crippen molar-refractivity contribution < 1.29 is 13.9 Å². The van der Waals surface area contributed by atoms with E-state index in [1.807, 2.05) is 54.6 Å². The number of para-hydroxylation sites is 1. The molecule has 0 N–H and O–H groups in total. The Morgan fingerprint density at radius 1 is 0.769 bits per heavy atom. The third-order valence-electron chi connectivity index (χ3n) is 4.34. The second-order valence-electron chi connectivity index (χ2n) is 6.49. The molecule has 0 aliphatic heterocycles. The topological polar surface area (TPSA) is 41.5 Å². The third-order valence-corrected chi connectivity index (χ3v) is 5.08. The lowest BCUT2D eigenvalue weighted by Gasteiger charge is -2.24. The number of rotatable bonds is 13. The van der Waals surface area contributed by atoms with E-state index < -0.39 is 8.60 Å². The van der Waals surface area contributed by atoms with E-state index in [1.165, 1.54) is 38.5 Å². The zero-order valence-corrected chi connectivity index (χ0v) is 16.6. The van der Waals surface area contributed by atoms with Gasteiger partial charge < -0.3 is 13.9 Å². The summed E-state index contributed by atoms with van der Waals surface area (Å²) < 4.78 is 10.9. The molecular formula is C22H30O3P-. The minimum absolute atomic E-state index is 0.484. The van der Waals surface area contributed by atoms with Crippen molar-refractivity contribution in [1.29, 1.82) is 0 Å². The lowest BCUT2D eigenvalue weighted by atomic mass is 10.1. The Hall–Kier alpha value is -1.41. The van der Waals surface area contributed by atoms with Crippen LogP contribution in [0.25, 0.3) is 11.1 Å². The van der Waals surface area contributed by atoms with Gasteiger partial charge in [0.15, 0.2) is 0 Å². The van der Waals surface area contributed by atoms with Crippen molar-refractivity contribution >= 4 is 8.60 Å². The highest BCUT2D eigenvalue weighted by Crippen LogP contribution is 2.37. The second-order valence-corrected chi connectivity index (χ2v) is 7.37. The van der Waals surface area contributed by atoms with Crippen LogP contribution in [0.15, 0.2) is 54.6 Å². The first-order chi connectivity index (χ1) is 12.8. The van der Waals surface area contributed by atoms with Gasteiger partial charge >= 0.3 is 0 Å². The van der Waals surface area contributed by atoms with E-state index in [2.05, 4.69) is 6.92 Å². The van der Waals surface area contributed by atoms with E-state index in [0.29, 0.717) is 12.4 Å². The number of unbranched alkanes of at least 4 members (excludes halogenated alkanes) is 7. The van der Waals surface area contributed by atoms with E-state index in [9.17, 15) is 4.89 Å². The maximum Gasteiger partial charge on any atom is 0.147 e. The molecule has 0 saturated heterocycles. The first kappa shape index (κ1) is 20.9. The maximum atomic E-state index is 12.1. The Bertz CT molecular complexity index is 603. The van der Waals surface area contributed by atoms with Gasteiger partial charge in [0.25, 0.3) is 0 Å². The monoisotopic (exact) mass is 373 g/mol. The molecule has 0 aliphatic carbocycles. The Balaban J connectivity index is 1.68. The lowest BCUT2D eigenvalue weighted by Crippen LogP contribution is -2.06. The molecule has 4 heteroatoms. The fraction of sp³-hybridized carbons (Fsp3) is 0.455. The normalized spacial score (nSPS) is 12.1. The predicted octanol–water partition coefficient (Wildman–Crippen LogP) is 6.48. The summed E-state index contributed by atoms with van der Waals surface area (Å²) in [5, 5.41) is 0. The van der Waals surface area contributed by atoms with Gasteiger partial charge in [0.1, 0.15) is 14.4 Å². The molecular weight excluding hydrogens is 343 g/mol. The molecule has 0 radical (unpaired) electrons. The van der Waals surface area contributed by atoms with E-state index >= 15 is 0 Å². The smallest absolute Gasteiger partial charge is 0.147 e. The summed E-state index contributed by atoms with van der Waals surface area (Å²) >= 11 is 0. The van der Waals surface area contributed by atoms with E-state index in [4.69, 9.17) is 9.05 Å². The minimum atomic E-state index is -2.15. The van der Waals surface area contributed by atoms with Gasteiger partial charge in [-0.3, -0.25) is 0 Å². The van der Waals surface area contributed by atoms with Crippen LogP contribution < -0.4 is 9.42 Å². The summed E-state index contributed by atoms with van der Waals surface area (Å²) in [7, 11) is -2.15. The zero-order chi connectivity index (χ0) is 18.5. The molecule has 3 nitrogen and oxygen atoms in total. The number of benzene rings is 2. The van der Waals surface area contributed by atoms with Crippen LogP contribution in [0, 0.1) is 0 Å². The van der Waals surface area contributed by atoms with Gasteiger partial charge in [0, 0.05) is 5.56 Å². The van der Waals surface area contributed by atoms with Gasteiger partial charge in [-0.15, -0.1) is 0 Å². The highest BCUT2D eigenvalue weighted by molar-refractivity contribution is 7.39. The van der Waals surface area contributed by atoms with Gasteiger partial charge in [-0.25, -0.2) is 0 Å². The van der Waals surface area contributed by atoms with E-state index in [1.54, 1.807) is 0 Å². The van der Waals surface area contributed by atoms with Gasteiger partial charge in [-0.05, 0) is 18.1 Å². The molecule has 0 aliphatic rings. The van der Waals surface area contributed by atoms with Crippen LogP contribution >= 0.6 is 8.60 Å². The van der Waals surface area contributed by atoms with Crippen LogP contribution in [0.3, 0.4) is 0 Å². The average molecular weight is 373 g/mol. The highest BCUT2D eigenvalue weighted by Gasteiger charge is 2.07. The summed E-state index contributed by atoms with van der Waals surface area (Å²) in [6.07, 6.45) is 9.85. The fourth-order valence-electron chi connectivity index (χ4n) is 2.88. The number of hydrogen-bond acceptors (Lipinski definition) is 3.